The molecule has 0 aliphatic heterocycles. The van der Waals surface area contributed by atoms with Gasteiger partial charge < -0.3 is 15.2 Å². The van der Waals surface area contributed by atoms with Crippen LogP contribution in [0.3, 0.4) is 0 Å². The summed E-state index contributed by atoms with van der Waals surface area (Å²) in [7, 11) is 1.65. The van der Waals surface area contributed by atoms with Gasteiger partial charge in [-0.15, -0.1) is 0 Å². The first-order valence-electron chi connectivity index (χ1n) is 5.69. The minimum Gasteiger partial charge on any atom is -0.359 e. The quantitative estimate of drug-likeness (QED) is 0.664. The summed E-state index contributed by atoms with van der Waals surface area (Å²) >= 11 is 0. The predicted molar refractivity (Wildman–Crippen MR) is 62.9 cm³/mol. The van der Waals surface area contributed by atoms with E-state index in [0.29, 0.717) is 19.5 Å². The molecular weight excluding hydrogens is 204 g/mol. The molecule has 0 saturated heterocycles. The molecule has 1 rings (SSSR count). The average Bonchev–Trinajstić information content (AvgIpc) is 2.72. The summed E-state index contributed by atoms with van der Waals surface area (Å²) in [5, 5.41) is 5.80. The molecule has 0 radical (unpaired) electrons. The number of carbonyl (C=O) groups excluding carboxylic acids is 1. The highest BCUT2D eigenvalue weighted by molar-refractivity contribution is 5.75. The summed E-state index contributed by atoms with van der Waals surface area (Å²) in [6.45, 7) is 4.53. The highest BCUT2D eigenvalue weighted by Gasteiger charge is 2.02. The Morgan fingerprint density at radius 1 is 1.56 bits per heavy atom. The van der Waals surface area contributed by atoms with Gasteiger partial charge in [0.05, 0.1) is 6.54 Å². The number of hydrogen-bond donors (Lipinski definition) is 2. The number of nitrogens with one attached hydrogen (secondary N) is 2. The molecule has 16 heavy (non-hydrogen) atoms. The second-order valence-electron chi connectivity index (χ2n) is 3.64. The standard InChI is InChI=1S/C11H20N4O/c1-3-7-15-8-6-14-10(15)9-13-5-4-11(16)12-2/h6,8,13H,3-5,7,9H2,1-2H3,(H,12,16). The van der Waals surface area contributed by atoms with Crippen LogP contribution in [0.25, 0.3) is 0 Å². The number of hydrogen-bond acceptors (Lipinski definition) is 3. The Morgan fingerprint density at radius 2 is 2.38 bits per heavy atom. The fourth-order valence-corrected chi connectivity index (χ4v) is 1.48. The lowest BCUT2D eigenvalue weighted by atomic mass is 10.4. The molecule has 5 nitrogen and oxygen atoms in total. The van der Waals surface area contributed by atoms with E-state index in [0.717, 1.165) is 18.8 Å². The Bertz CT molecular complexity index is 322. The first kappa shape index (κ1) is 12.7. The summed E-state index contributed by atoms with van der Waals surface area (Å²) in [5.41, 5.74) is 0. The van der Waals surface area contributed by atoms with Crippen molar-refractivity contribution in [3.05, 3.63) is 18.2 Å². The molecule has 1 aromatic heterocycles. The number of rotatable bonds is 7. The van der Waals surface area contributed by atoms with E-state index in [2.05, 4.69) is 27.1 Å². The molecule has 1 aromatic rings. The molecule has 0 unspecified atom stereocenters. The molecule has 0 fully saturated rings. The van der Waals surface area contributed by atoms with E-state index in [9.17, 15) is 4.79 Å². The van der Waals surface area contributed by atoms with Crippen molar-refractivity contribution in [2.75, 3.05) is 13.6 Å². The van der Waals surface area contributed by atoms with Crippen LogP contribution in [0, 0.1) is 0 Å². The highest BCUT2D eigenvalue weighted by atomic mass is 16.1. The average molecular weight is 224 g/mol. The zero-order chi connectivity index (χ0) is 11.8. The van der Waals surface area contributed by atoms with Crippen molar-refractivity contribution in [3.8, 4) is 0 Å². The van der Waals surface area contributed by atoms with Gasteiger partial charge in [0.1, 0.15) is 5.82 Å². The third-order valence-electron chi connectivity index (χ3n) is 2.36. The predicted octanol–water partition coefficient (Wildman–Crippen LogP) is 0.519. The van der Waals surface area contributed by atoms with Crippen LogP contribution in [0.4, 0.5) is 0 Å². The molecule has 0 saturated carbocycles. The van der Waals surface area contributed by atoms with Gasteiger partial charge in [0.2, 0.25) is 5.91 Å². The molecule has 1 amide bonds. The Balaban J connectivity index is 2.26. The number of imidazole rings is 1. The maximum absolute atomic E-state index is 11.0. The minimum absolute atomic E-state index is 0.0596. The Morgan fingerprint density at radius 3 is 3.06 bits per heavy atom. The Hall–Kier alpha value is -1.36. The summed E-state index contributed by atoms with van der Waals surface area (Å²) in [5.74, 6) is 1.09. The Kier molecular flexibility index (Phi) is 5.56. The molecule has 0 aliphatic rings. The van der Waals surface area contributed by atoms with Crippen LogP contribution in [-0.2, 0) is 17.9 Å². The van der Waals surface area contributed by atoms with E-state index in [-0.39, 0.29) is 5.91 Å². The lowest BCUT2D eigenvalue weighted by Gasteiger charge is -2.07. The van der Waals surface area contributed by atoms with E-state index in [4.69, 9.17) is 0 Å². The van der Waals surface area contributed by atoms with Gasteiger partial charge in [-0.25, -0.2) is 4.98 Å². The van der Waals surface area contributed by atoms with Gasteiger partial charge in [-0.2, -0.15) is 0 Å². The number of amides is 1. The summed E-state index contributed by atoms with van der Waals surface area (Å²) in [6, 6.07) is 0. The van der Waals surface area contributed by atoms with Gasteiger partial charge in [-0.3, -0.25) is 4.79 Å². The molecule has 0 bridgehead atoms. The molecule has 0 atom stereocenters. The van der Waals surface area contributed by atoms with E-state index < -0.39 is 0 Å². The third kappa shape index (κ3) is 4.02. The van der Waals surface area contributed by atoms with E-state index in [1.807, 2.05) is 12.4 Å². The van der Waals surface area contributed by atoms with E-state index in [1.165, 1.54) is 0 Å². The number of aromatic nitrogens is 2. The second kappa shape index (κ2) is 7.00. The molecule has 90 valence electrons. The van der Waals surface area contributed by atoms with Crippen molar-refractivity contribution < 1.29 is 4.79 Å². The topological polar surface area (TPSA) is 59.0 Å². The lowest BCUT2D eigenvalue weighted by molar-refractivity contribution is -0.120. The minimum atomic E-state index is 0.0596. The highest BCUT2D eigenvalue weighted by Crippen LogP contribution is 1.98. The van der Waals surface area contributed by atoms with Crippen LogP contribution in [0.1, 0.15) is 25.6 Å². The van der Waals surface area contributed by atoms with Crippen molar-refractivity contribution in [1.29, 1.82) is 0 Å². The summed E-state index contributed by atoms with van der Waals surface area (Å²) in [4.78, 5) is 15.2. The molecular formula is C11H20N4O. The van der Waals surface area contributed by atoms with Crippen molar-refractivity contribution in [3.63, 3.8) is 0 Å². The Labute approximate surface area is 96.3 Å². The van der Waals surface area contributed by atoms with Crippen molar-refractivity contribution in [1.82, 2.24) is 20.2 Å². The van der Waals surface area contributed by atoms with Gasteiger partial charge in [0.15, 0.2) is 0 Å². The van der Waals surface area contributed by atoms with Crippen molar-refractivity contribution >= 4 is 5.91 Å². The normalized spacial score (nSPS) is 10.4. The van der Waals surface area contributed by atoms with Crippen LogP contribution >= 0.6 is 0 Å². The van der Waals surface area contributed by atoms with Crippen LogP contribution in [0.2, 0.25) is 0 Å². The maximum Gasteiger partial charge on any atom is 0.221 e. The largest absolute Gasteiger partial charge is 0.359 e. The third-order valence-corrected chi connectivity index (χ3v) is 2.36. The zero-order valence-corrected chi connectivity index (χ0v) is 9.99. The number of nitrogens with zero attached hydrogens (tertiary/aromatic N) is 2. The SMILES string of the molecule is CCCn1ccnc1CNCCC(=O)NC. The molecule has 1 heterocycles. The lowest BCUT2D eigenvalue weighted by Crippen LogP contribution is -2.25. The van der Waals surface area contributed by atoms with E-state index >= 15 is 0 Å². The maximum atomic E-state index is 11.0. The molecule has 2 N–H and O–H groups in total. The fourth-order valence-electron chi connectivity index (χ4n) is 1.48. The molecule has 0 aliphatic carbocycles. The van der Waals surface area contributed by atoms with Crippen LogP contribution < -0.4 is 10.6 Å². The molecule has 5 heteroatoms. The van der Waals surface area contributed by atoms with Gasteiger partial charge >= 0.3 is 0 Å². The van der Waals surface area contributed by atoms with Gasteiger partial charge in [-0.1, -0.05) is 6.92 Å². The molecule has 0 aromatic carbocycles. The van der Waals surface area contributed by atoms with E-state index in [1.54, 1.807) is 7.05 Å². The first-order valence-corrected chi connectivity index (χ1v) is 5.69. The van der Waals surface area contributed by atoms with Crippen molar-refractivity contribution in [2.45, 2.75) is 32.9 Å². The van der Waals surface area contributed by atoms with Crippen molar-refractivity contribution in [2.24, 2.45) is 0 Å². The number of carbonyl (C=O) groups is 1. The van der Waals surface area contributed by atoms with Gasteiger partial charge in [0.25, 0.3) is 0 Å². The zero-order valence-electron chi connectivity index (χ0n) is 9.99. The van der Waals surface area contributed by atoms with Gasteiger partial charge in [0, 0.05) is 39.0 Å². The number of aryl methyl sites for hydroxylation is 1. The van der Waals surface area contributed by atoms with Crippen LogP contribution in [0.15, 0.2) is 12.4 Å². The summed E-state index contributed by atoms with van der Waals surface area (Å²) < 4.78 is 2.13. The monoisotopic (exact) mass is 224 g/mol. The molecule has 0 spiro atoms. The van der Waals surface area contributed by atoms with Gasteiger partial charge in [-0.05, 0) is 6.42 Å². The fraction of sp³-hybridized carbons (Fsp3) is 0.636. The van der Waals surface area contributed by atoms with Crippen LogP contribution in [0.5, 0.6) is 0 Å². The first-order chi connectivity index (χ1) is 7.77. The summed E-state index contributed by atoms with van der Waals surface area (Å²) in [6.07, 6.45) is 5.40. The second-order valence-corrected chi connectivity index (χ2v) is 3.64. The van der Waals surface area contributed by atoms with Crippen LogP contribution in [-0.4, -0.2) is 29.1 Å². The smallest absolute Gasteiger partial charge is 0.221 e.